The average molecular weight is 334 g/mol. The Bertz CT molecular complexity index is 674. The quantitative estimate of drug-likeness (QED) is 0.390. The topological polar surface area (TPSA) is 26.3 Å². The van der Waals surface area contributed by atoms with Crippen molar-refractivity contribution in [1.82, 2.24) is 0 Å². The van der Waals surface area contributed by atoms with Crippen molar-refractivity contribution >= 4 is 11.9 Å². The molecule has 0 atom stereocenters. The molecule has 5 heteroatoms. The van der Waals surface area contributed by atoms with Crippen molar-refractivity contribution in [2.24, 2.45) is 0 Å². The first-order valence-corrected chi connectivity index (χ1v) is 7.51. The predicted molar refractivity (Wildman–Crippen MR) is 87.0 cm³/mol. The van der Waals surface area contributed by atoms with Crippen LogP contribution < -0.4 is 4.74 Å². The molecule has 2 aromatic carbocycles. The number of benzene rings is 2. The molecule has 0 aliphatic carbocycles. The zero-order chi connectivity index (χ0) is 17.4. The summed E-state index contributed by atoms with van der Waals surface area (Å²) >= 11 is 0. The zero-order valence-corrected chi connectivity index (χ0v) is 12.9. The third-order valence-corrected chi connectivity index (χ3v) is 3.24. The van der Waals surface area contributed by atoms with Gasteiger partial charge in [0.25, 0.3) is 0 Å². The van der Waals surface area contributed by atoms with Crippen molar-refractivity contribution < 1.29 is 22.7 Å². The molecule has 0 aromatic heterocycles. The van der Waals surface area contributed by atoms with Gasteiger partial charge in [0.05, 0.1) is 6.61 Å². The Morgan fingerprint density at radius 1 is 1.00 bits per heavy atom. The van der Waals surface area contributed by atoms with Crippen molar-refractivity contribution in [2.45, 2.75) is 19.0 Å². The van der Waals surface area contributed by atoms with E-state index in [0.29, 0.717) is 11.3 Å². The standard InChI is InChI=1S/C19H17F3O2/c20-19(21,22)13-4-14-24-17-10-8-16(9-11-17)18(23)12-7-15-5-2-1-3-6-15/h1-3,5-12H,4,13-14H2/b12-7+. The van der Waals surface area contributed by atoms with E-state index in [0.717, 1.165) is 5.56 Å². The minimum atomic E-state index is -4.16. The Kier molecular flexibility index (Phi) is 6.18. The van der Waals surface area contributed by atoms with Gasteiger partial charge in [-0.05, 0) is 42.3 Å². The summed E-state index contributed by atoms with van der Waals surface area (Å²) in [7, 11) is 0. The maximum absolute atomic E-state index is 12.0. The smallest absolute Gasteiger partial charge is 0.389 e. The molecule has 0 heterocycles. The Labute approximate surface area is 138 Å². The molecule has 0 saturated carbocycles. The maximum atomic E-state index is 12.0. The number of rotatable bonds is 7. The van der Waals surface area contributed by atoms with E-state index in [2.05, 4.69) is 0 Å². The molecule has 0 spiro atoms. The van der Waals surface area contributed by atoms with Crippen molar-refractivity contribution in [1.29, 1.82) is 0 Å². The van der Waals surface area contributed by atoms with Crippen molar-refractivity contribution in [2.75, 3.05) is 6.61 Å². The molecule has 24 heavy (non-hydrogen) atoms. The van der Waals surface area contributed by atoms with Gasteiger partial charge in [-0.25, -0.2) is 0 Å². The lowest BCUT2D eigenvalue weighted by Crippen LogP contribution is -2.09. The lowest BCUT2D eigenvalue weighted by molar-refractivity contribution is -0.136. The van der Waals surface area contributed by atoms with Gasteiger partial charge in [-0.1, -0.05) is 36.4 Å². The second kappa shape index (κ2) is 8.34. The molecule has 2 nitrogen and oxygen atoms in total. The number of alkyl halides is 3. The highest BCUT2D eigenvalue weighted by atomic mass is 19.4. The van der Waals surface area contributed by atoms with Gasteiger partial charge in [0.2, 0.25) is 0 Å². The number of carbonyl (C=O) groups excluding carboxylic acids is 1. The van der Waals surface area contributed by atoms with Crippen LogP contribution in [0.25, 0.3) is 6.08 Å². The molecule has 2 aromatic rings. The van der Waals surface area contributed by atoms with E-state index in [1.54, 1.807) is 30.3 Å². The monoisotopic (exact) mass is 334 g/mol. The third-order valence-electron chi connectivity index (χ3n) is 3.24. The fourth-order valence-corrected chi connectivity index (χ4v) is 2.01. The van der Waals surface area contributed by atoms with E-state index in [9.17, 15) is 18.0 Å². The largest absolute Gasteiger partial charge is 0.494 e. The summed E-state index contributed by atoms with van der Waals surface area (Å²) in [5.41, 5.74) is 1.42. The first-order valence-electron chi connectivity index (χ1n) is 7.51. The van der Waals surface area contributed by atoms with E-state index in [1.165, 1.54) is 6.08 Å². The van der Waals surface area contributed by atoms with Gasteiger partial charge in [0.1, 0.15) is 5.75 Å². The lowest BCUT2D eigenvalue weighted by atomic mass is 10.1. The highest BCUT2D eigenvalue weighted by Gasteiger charge is 2.26. The molecule has 0 saturated heterocycles. The van der Waals surface area contributed by atoms with E-state index in [1.807, 2.05) is 30.3 Å². The van der Waals surface area contributed by atoms with Gasteiger partial charge in [-0.2, -0.15) is 13.2 Å². The second-order valence-corrected chi connectivity index (χ2v) is 5.20. The summed E-state index contributed by atoms with van der Waals surface area (Å²) in [6, 6.07) is 15.8. The first-order chi connectivity index (χ1) is 11.4. The fraction of sp³-hybridized carbons (Fsp3) is 0.211. The molecule has 0 aliphatic rings. The van der Waals surface area contributed by atoms with Crippen LogP contribution in [0.4, 0.5) is 13.2 Å². The Hall–Kier alpha value is -2.56. The summed E-state index contributed by atoms with van der Waals surface area (Å²) < 4.78 is 41.3. The molecule has 2 rings (SSSR count). The number of hydrogen-bond acceptors (Lipinski definition) is 2. The van der Waals surface area contributed by atoms with Crippen LogP contribution in [-0.4, -0.2) is 18.6 Å². The van der Waals surface area contributed by atoms with Crippen LogP contribution in [0.1, 0.15) is 28.8 Å². The number of ketones is 1. The van der Waals surface area contributed by atoms with Gasteiger partial charge in [0, 0.05) is 12.0 Å². The number of halogens is 3. The van der Waals surface area contributed by atoms with Crippen LogP contribution in [0, 0.1) is 0 Å². The normalized spacial score (nSPS) is 11.6. The Morgan fingerprint density at radius 2 is 1.67 bits per heavy atom. The molecular formula is C19H17F3O2. The van der Waals surface area contributed by atoms with Gasteiger partial charge in [-0.15, -0.1) is 0 Å². The van der Waals surface area contributed by atoms with E-state index in [-0.39, 0.29) is 18.8 Å². The highest BCUT2D eigenvalue weighted by molar-refractivity contribution is 6.06. The first kappa shape index (κ1) is 17.8. The van der Waals surface area contributed by atoms with Crippen molar-refractivity contribution in [3.05, 3.63) is 71.8 Å². The van der Waals surface area contributed by atoms with Crippen molar-refractivity contribution in [3.63, 3.8) is 0 Å². The highest BCUT2D eigenvalue weighted by Crippen LogP contribution is 2.21. The van der Waals surface area contributed by atoms with Gasteiger partial charge >= 0.3 is 6.18 Å². The van der Waals surface area contributed by atoms with Gasteiger partial charge in [-0.3, -0.25) is 4.79 Å². The Balaban J connectivity index is 1.85. The SMILES string of the molecule is O=C(/C=C/c1ccccc1)c1ccc(OCCCC(F)(F)F)cc1. The molecule has 0 amide bonds. The van der Waals surface area contributed by atoms with Gasteiger partial charge < -0.3 is 4.74 Å². The minimum absolute atomic E-state index is 0.0132. The van der Waals surface area contributed by atoms with Crippen molar-refractivity contribution in [3.8, 4) is 5.75 Å². The van der Waals surface area contributed by atoms with Crippen LogP contribution in [0.15, 0.2) is 60.7 Å². The summed E-state index contributed by atoms with van der Waals surface area (Å²) in [5, 5.41) is 0. The van der Waals surface area contributed by atoms with Gasteiger partial charge in [0.15, 0.2) is 5.78 Å². The minimum Gasteiger partial charge on any atom is -0.494 e. The molecular weight excluding hydrogens is 317 g/mol. The summed E-state index contributed by atoms with van der Waals surface area (Å²) in [6.07, 6.45) is -1.92. The number of carbonyl (C=O) groups is 1. The molecule has 0 bridgehead atoms. The van der Waals surface area contributed by atoms with E-state index in [4.69, 9.17) is 4.74 Å². The summed E-state index contributed by atoms with van der Waals surface area (Å²) in [4.78, 5) is 12.0. The van der Waals surface area contributed by atoms with Crippen LogP contribution in [0.3, 0.4) is 0 Å². The van der Waals surface area contributed by atoms with Crippen LogP contribution in [0.2, 0.25) is 0 Å². The van der Waals surface area contributed by atoms with E-state index < -0.39 is 12.6 Å². The van der Waals surface area contributed by atoms with Crippen LogP contribution >= 0.6 is 0 Å². The van der Waals surface area contributed by atoms with Crippen LogP contribution in [-0.2, 0) is 0 Å². The predicted octanol–water partition coefficient (Wildman–Crippen LogP) is 5.30. The Morgan fingerprint density at radius 3 is 2.29 bits per heavy atom. The number of hydrogen-bond donors (Lipinski definition) is 0. The molecule has 0 fully saturated rings. The molecule has 0 aliphatic heterocycles. The average Bonchev–Trinajstić information content (AvgIpc) is 2.57. The molecule has 0 radical (unpaired) electrons. The fourth-order valence-electron chi connectivity index (χ4n) is 2.01. The summed E-state index contributed by atoms with van der Waals surface area (Å²) in [6.45, 7) is -0.0132. The van der Waals surface area contributed by atoms with E-state index >= 15 is 0 Å². The lowest BCUT2D eigenvalue weighted by Gasteiger charge is -2.08. The molecule has 0 N–H and O–H groups in total. The third kappa shape index (κ3) is 6.28. The summed E-state index contributed by atoms with van der Waals surface area (Å²) in [5.74, 6) is 0.295. The number of allylic oxidation sites excluding steroid dienone is 1. The number of ether oxygens (including phenoxy) is 1. The molecule has 0 unspecified atom stereocenters. The maximum Gasteiger partial charge on any atom is 0.389 e. The zero-order valence-electron chi connectivity index (χ0n) is 12.9. The second-order valence-electron chi connectivity index (χ2n) is 5.20. The molecule has 126 valence electrons. The van der Waals surface area contributed by atoms with Crippen LogP contribution in [0.5, 0.6) is 5.75 Å².